The quantitative estimate of drug-likeness (QED) is 0.503. The molecule has 0 saturated heterocycles. The third kappa shape index (κ3) is 5.21. The molecule has 0 fully saturated rings. The molecule has 0 bridgehead atoms. The zero-order valence-electron chi connectivity index (χ0n) is 17.5. The topological polar surface area (TPSA) is 75.7 Å². The van der Waals surface area contributed by atoms with Gasteiger partial charge in [-0.1, -0.05) is 30.3 Å². The van der Waals surface area contributed by atoms with Gasteiger partial charge in [0.05, 0.1) is 23.4 Å². The number of methoxy groups -OCH3 is 1. The molecule has 8 heteroatoms. The van der Waals surface area contributed by atoms with Gasteiger partial charge in [0.1, 0.15) is 12.3 Å². The van der Waals surface area contributed by atoms with E-state index in [4.69, 9.17) is 4.74 Å². The average molecular weight is 457 g/mol. The summed E-state index contributed by atoms with van der Waals surface area (Å²) in [5.41, 5.74) is 1.74. The molecule has 162 valence electrons. The first-order valence-corrected chi connectivity index (χ1v) is 12.2. The Morgan fingerprint density at radius 1 is 1.03 bits per heavy atom. The summed E-state index contributed by atoms with van der Waals surface area (Å²) >= 11 is 1.50. The second-order valence-electron chi connectivity index (χ2n) is 6.73. The highest BCUT2D eigenvalue weighted by molar-refractivity contribution is 7.98. The second kappa shape index (κ2) is 9.89. The Morgan fingerprint density at radius 2 is 1.71 bits per heavy atom. The van der Waals surface area contributed by atoms with Crippen LogP contribution in [0, 0.1) is 6.92 Å². The van der Waals surface area contributed by atoms with Crippen molar-refractivity contribution in [2.75, 3.05) is 29.5 Å². The normalized spacial score (nSPS) is 11.1. The number of carbonyl (C=O) groups is 1. The fourth-order valence-electron chi connectivity index (χ4n) is 3.12. The Bertz CT molecular complexity index is 1170. The number of aryl methyl sites for hydroxylation is 1. The summed E-state index contributed by atoms with van der Waals surface area (Å²) in [6.45, 7) is 1.41. The van der Waals surface area contributed by atoms with Crippen LogP contribution in [0.2, 0.25) is 0 Å². The highest BCUT2D eigenvalue weighted by atomic mass is 32.2. The zero-order chi connectivity index (χ0) is 22.4. The van der Waals surface area contributed by atoms with Gasteiger partial charge in [0.2, 0.25) is 5.91 Å². The lowest BCUT2D eigenvalue weighted by Crippen LogP contribution is -2.38. The van der Waals surface area contributed by atoms with Crippen molar-refractivity contribution in [2.24, 2.45) is 0 Å². The van der Waals surface area contributed by atoms with Gasteiger partial charge in [0.15, 0.2) is 0 Å². The van der Waals surface area contributed by atoms with Gasteiger partial charge in [0.25, 0.3) is 10.0 Å². The van der Waals surface area contributed by atoms with Crippen molar-refractivity contribution >= 4 is 39.1 Å². The summed E-state index contributed by atoms with van der Waals surface area (Å²) in [5, 5.41) is 2.83. The number of rotatable bonds is 8. The number of nitrogens with one attached hydrogen (secondary N) is 1. The molecule has 0 spiro atoms. The lowest BCUT2D eigenvalue weighted by molar-refractivity contribution is -0.114. The predicted molar refractivity (Wildman–Crippen MR) is 126 cm³/mol. The van der Waals surface area contributed by atoms with Crippen LogP contribution in [0.3, 0.4) is 0 Å². The maximum Gasteiger partial charge on any atom is 0.264 e. The number of hydrogen-bond donors (Lipinski definition) is 1. The van der Waals surface area contributed by atoms with Crippen LogP contribution in [0.15, 0.2) is 82.6 Å². The average Bonchev–Trinajstić information content (AvgIpc) is 2.78. The first-order chi connectivity index (χ1) is 14.9. The van der Waals surface area contributed by atoms with E-state index in [1.165, 1.54) is 24.9 Å². The number of carbonyl (C=O) groups excluding carboxylic acids is 1. The number of ether oxygens (including phenoxy) is 1. The van der Waals surface area contributed by atoms with Crippen molar-refractivity contribution in [3.05, 3.63) is 78.4 Å². The molecule has 1 N–H and O–H groups in total. The lowest BCUT2D eigenvalue weighted by Gasteiger charge is -2.24. The fraction of sp³-hybridized carbons (Fsp3) is 0.174. The third-order valence-electron chi connectivity index (χ3n) is 4.67. The van der Waals surface area contributed by atoms with Crippen molar-refractivity contribution in [1.82, 2.24) is 0 Å². The second-order valence-corrected chi connectivity index (χ2v) is 9.44. The summed E-state index contributed by atoms with van der Waals surface area (Å²) < 4.78 is 33.3. The molecule has 0 radical (unpaired) electrons. The van der Waals surface area contributed by atoms with Gasteiger partial charge in [-0.15, -0.1) is 11.8 Å². The van der Waals surface area contributed by atoms with Crippen molar-refractivity contribution in [3.8, 4) is 5.75 Å². The molecule has 0 aliphatic rings. The Hall–Kier alpha value is -2.97. The molecule has 0 aromatic heterocycles. The number of benzene rings is 3. The van der Waals surface area contributed by atoms with Crippen LogP contribution in [-0.4, -0.2) is 34.2 Å². The SMILES string of the molecule is COc1ccc(S(=O)(=O)N(CC(=O)Nc2ccccc2SC)c2ccccc2)cc1C. The van der Waals surface area contributed by atoms with Crippen LogP contribution in [0.25, 0.3) is 0 Å². The van der Waals surface area contributed by atoms with E-state index in [-0.39, 0.29) is 11.4 Å². The van der Waals surface area contributed by atoms with E-state index >= 15 is 0 Å². The number of anilines is 2. The van der Waals surface area contributed by atoms with Crippen molar-refractivity contribution < 1.29 is 17.9 Å². The third-order valence-corrected chi connectivity index (χ3v) is 7.23. The largest absolute Gasteiger partial charge is 0.496 e. The molecule has 1 amide bonds. The monoisotopic (exact) mass is 456 g/mol. The van der Waals surface area contributed by atoms with Gasteiger partial charge in [-0.25, -0.2) is 8.42 Å². The maximum absolute atomic E-state index is 13.5. The van der Waals surface area contributed by atoms with Gasteiger partial charge >= 0.3 is 0 Å². The van der Waals surface area contributed by atoms with Gasteiger partial charge in [0, 0.05) is 4.90 Å². The molecule has 0 saturated carbocycles. The molecule has 31 heavy (non-hydrogen) atoms. The van der Waals surface area contributed by atoms with E-state index in [0.29, 0.717) is 22.7 Å². The summed E-state index contributed by atoms with van der Waals surface area (Å²) in [7, 11) is -2.46. The number of thioether (sulfide) groups is 1. The van der Waals surface area contributed by atoms with E-state index in [2.05, 4.69) is 5.32 Å². The number of hydrogen-bond acceptors (Lipinski definition) is 5. The van der Waals surface area contributed by atoms with E-state index in [1.807, 2.05) is 24.5 Å². The highest BCUT2D eigenvalue weighted by Gasteiger charge is 2.28. The van der Waals surface area contributed by atoms with Gasteiger partial charge in [-0.2, -0.15) is 0 Å². The molecule has 3 rings (SSSR count). The van der Waals surface area contributed by atoms with E-state index < -0.39 is 15.9 Å². The number of para-hydroxylation sites is 2. The van der Waals surface area contributed by atoms with Crippen molar-refractivity contribution in [3.63, 3.8) is 0 Å². The first kappa shape index (κ1) is 22.7. The zero-order valence-corrected chi connectivity index (χ0v) is 19.2. The molecule has 0 aliphatic heterocycles. The molecule has 6 nitrogen and oxygen atoms in total. The Morgan fingerprint density at radius 3 is 2.35 bits per heavy atom. The first-order valence-electron chi connectivity index (χ1n) is 9.52. The van der Waals surface area contributed by atoms with Crippen LogP contribution in [-0.2, 0) is 14.8 Å². The minimum absolute atomic E-state index is 0.0898. The molecule has 0 heterocycles. The van der Waals surface area contributed by atoms with E-state index in [1.54, 1.807) is 55.5 Å². The van der Waals surface area contributed by atoms with Gasteiger partial charge < -0.3 is 10.1 Å². The number of sulfonamides is 1. The molecule has 0 unspecified atom stereocenters. The lowest BCUT2D eigenvalue weighted by atomic mass is 10.2. The molecule has 3 aromatic rings. The van der Waals surface area contributed by atoms with Gasteiger partial charge in [-0.05, 0) is 61.2 Å². The van der Waals surface area contributed by atoms with Crippen molar-refractivity contribution in [2.45, 2.75) is 16.7 Å². The molecule has 3 aromatic carbocycles. The summed E-state index contributed by atoms with van der Waals surface area (Å²) in [6, 6.07) is 20.6. The van der Waals surface area contributed by atoms with Crippen LogP contribution in [0.1, 0.15) is 5.56 Å². The Kier molecular flexibility index (Phi) is 7.25. The Labute approximate surface area is 187 Å². The number of nitrogens with zero attached hydrogens (tertiary/aromatic N) is 1. The summed E-state index contributed by atoms with van der Waals surface area (Å²) in [5.74, 6) is 0.163. The minimum atomic E-state index is -3.99. The predicted octanol–water partition coefficient (Wildman–Crippen LogP) is 4.56. The fourth-order valence-corrected chi connectivity index (χ4v) is 5.18. The smallest absolute Gasteiger partial charge is 0.264 e. The summed E-state index contributed by atoms with van der Waals surface area (Å²) in [4.78, 5) is 13.9. The minimum Gasteiger partial charge on any atom is -0.496 e. The standard InChI is InChI=1S/C23H24N2O4S2/c1-17-15-19(13-14-21(17)29-2)31(27,28)25(18-9-5-4-6-10-18)16-23(26)24-20-11-7-8-12-22(20)30-3/h4-15H,16H2,1-3H3,(H,24,26). The van der Waals surface area contributed by atoms with Crippen LogP contribution in [0.4, 0.5) is 11.4 Å². The highest BCUT2D eigenvalue weighted by Crippen LogP contribution is 2.28. The van der Waals surface area contributed by atoms with Crippen LogP contribution in [0.5, 0.6) is 5.75 Å². The Balaban J connectivity index is 1.95. The van der Waals surface area contributed by atoms with E-state index in [0.717, 1.165) is 9.20 Å². The van der Waals surface area contributed by atoms with Gasteiger partial charge in [-0.3, -0.25) is 9.10 Å². The molecular weight excluding hydrogens is 432 g/mol. The molecule has 0 atom stereocenters. The van der Waals surface area contributed by atoms with Crippen LogP contribution >= 0.6 is 11.8 Å². The summed E-state index contributed by atoms with van der Waals surface area (Å²) in [6.07, 6.45) is 1.91. The number of amides is 1. The van der Waals surface area contributed by atoms with Crippen LogP contribution < -0.4 is 14.4 Å². The molecular formula is C23H24N2O4S2. The maximum atomic E-state index is 13.5. The van der Waals surface area contributed by atoms with Crippen molar-refractivity contribution in [1.29, 1.82) is 0 Å². The molecule has 0 aliphatic carbocycles. The van der Waals surface area contributed by atoms with E-state index in [9.17, 15) is 13.2 Å².